The average molecular weight is 347 g/mol. The molecular formula is C16H21N5O4. The van der Waals surface area contributed by atoms with Crippen LogP contribution in [-0.2, 0) is 29.0 Å². The number of carbonyl (C=O) groups is 1. The van der Waals surface area contributed by atoms with Crippen LogP contribution >= 0.6 is 0 Å². The van der Waals surface area contributed by atoms with Crippen molar-refractivity contribution in [2.45, 2.75) is 26.4 Å². The van der Waals surface area contributed by atoms with Crippen LogP contribution in [-0.4, -0.2) is 53.5 Å². The number of carbonyl (C=O) groups excluding carboxylic acids is 1. The van der Waals surface area contributed by atoms with Gasteiger partial charge in [0.05, 0.1) is 20.8 Å². The molecule has 9 nitrogen and oxygen atoms in total. The maximum absolute atomic E-state index is 11.5. The molecule has 2 aromatic rings. The standard InChI is InChI=1S/C16H21N5O4/c1-4-25-15(22)10-21-18-16(17-19-21)20-6-5-11-7-13(23-2)14(24-3)8-12(11)9-20/h7-8H,4-6,9-10H2,1-3H3. The molecule has 0 radical (unpaired) electrons. The molecule has 0 unspecified atom stereocenters. The third kappa shape index (κ3) is 3.65. The van der Waals surface area contributed by atoms with Gasteiger partial charge in [0.25, 0.3) is 5.95 Å². The fourth-order valence-electron chi connectivity index (χ4n) is 2.80. The first-order valence-corrected chi connectivity index (χ1v) is 8.06. The monoisotopic (exact) mass is 347 g/mol. The number of nitrogens with zero attached hydrogens (tertiary/aromatic N) is 5. The molecule has 134 valence electrons. The van der Waals surface area contributed by atoms with Gasteiger partial charge in [0, 0.05) is 13.1 Å². The highest BCUT2D eigenvalue weighted by molar-refractivity contribution is 5.68. The minimum atomic E-state index is -0.382. The number of rotatable bonds is 6. The molecule has 0 aliphatic carbocycles. The van der Waals surface area contributed by atoms with E-state index < -0.39 is 0 Å². The molecule has 3 rings (SSSR count). The molecule has 1 aliphatic heterocycles. The number of fused-ring (bicyclic) bond motifs is 1. The summed E-state index contributed by atoms with van der Waals surface area (Å²) in [7, 11) is 3.25. The highest BCUT2D eigenvalue weighted by Crippen LogP contribution is 2.33. The van der Waals surface area contributed by atoms with E-state index >= 15 is 0 Å². The van der Waals surface area contributed by atoms with Crippen molar-refractivity contribution in [2.75, 3.05) is 32.3 Å². The number of tetrazole rings is 1. The third-order valence-corrected chi connectivity index (χ3v) is 4.02. The van der Waals surface area contributed by atoms with Gasteiger partial charge in [0.1, 0.15) is 0 Å². The van der Waals surface area contributed by atoms with E-state index in [2.05, 4.69) is 15.4 Å². The zero-order valence-corrected chi connectivity index (χ0v) is 14.6. The van der Waals surface area contributed by atoms with Gasteiger partial charge in [-0.05, 0) is 41.8 Å². The quantitative estimate of drug-likeness (QED) is 0.709. The minimum absolute atomic E-state index is 0.0453. The Morgan fingerprint density at radius 3 is 2.60 bits per heavy atom. The molecule has 0 amide bonds. The summed E-state index contributed by atoms with van der Waals surface area (Å²) in [5.41, 5.74) is 2.35. The summed E-state index contributed by atoms with van der Waals surface area (Å²) in [4.78, 5) is 14.8. The summed E-state index contributed by atoms with van der Waals surface area (Å²) in [6, 6.07) is 3.99. The lowest BCUT2D eigenvalue weighted by atomic mass is 9.99. The molecule has 2 heterocycles. The summed E-state index contributed by atoms with van der Waals surface area (Å²) in [6.07, 6.45) is 0.835. The topological polar surface area (TPSA) is 91.6 Å². The SMILES string of the molecule is CCOC(=O)Cn1nnc(N2CCc3cc(OC)c(OC)cc3C2)n1. The van der Waals surface area contributed by atoms with Gasteiger partial charge in [-0.2, -0.15) is 4.80 Å². The van der Waals surface area contributed by atoms with Crippen molar-refractivity contribution >= 4 is 11.9 Å². The normalized spacial score (nSPS) is 13.3. The second kappa shape index (κ2) is 7.37. The zero-order valence-electron chi connectivity index (χ0n) is 14.6. The molecule has 0 bridgehead atoms. The van der Waals surface area contributed by atoms with Crippen LogP contribution in [0.5, 0.6) is 11.5 Å². The van der Waals surface area contributed by atoms with Gasteiger partial charge in [-0.3, -0.25) is 0 Å². The second-order valence-corrected chi connectivity index (χ2v) is 5.57. The Balaban J connectivity index is 1.74. The molecule has 0 atom stereocenters. The van der Waals surface area contributed by atoms with E-state index in [1.54, 1.807) is 21.1 Å². The number of hydrogen-bond donors (Lipinski definition) is 0. The molecule has 25 heavy (non-hydrogen) atoms. The first-order valence-electron chi connectivity index (χ1n) is 8.06. The van der Waals surface area contributed by atoms with Gasteiger partial charge in [-0.1, -0.05) is 5.10 Å². The predicted octanol–water partition coefficient (Wildman–Crippen LogP) is 0.816. The van der Waals surface area contributed by atoms with Crippen LogP contribution in [0.3, 0.4) is 0 Å². The van der Waals surface area contributed by atoms with Crippen LogP contribution in [0, 0.1) is 0 Å². The molecule has 0 spiro atoms. The maximum Gasteiger partial charge on any atom is 0.329 e. The maximum atomic E-state index is 11.5. The van der Waals surface area contributed by atoms with Gasteiger partial charge in [0.15, 0.2) is 18.0 Å². The molecule has 1 aromatic heterocycles. The van der Waals surface area contributed by atoms with Crippen LogP contribution in [0.1, 0.15) is 18.1 Å². The lowest BCUT2D eigenvalue weighted by molar-refractivity contribution is -0.144. The van der Waals surface area contributed by atoms with Crippen LogP contribution in [0.25, 0.3) is 0 Å². The number of anilines is 1. The second-order valence-electron chi connectivity index (χ2n) is 5.57. The number of ether oxygens (including phenoxy) is 3. The van der Waals surface area contributed by atoms with E-state index in [1.807, 2.05) is 17.0 Å². The van der Waals surface area contributed by atoms with Gasteiger partial charge in [-0.15, -0.1) is 5.10 Å². The van der Waals surface area contributed by atoms with Crippen LogP contribution in [0.15, 0.2) is 12.1 Å². The third-order valence-electron chi connectivity index (χ3n) is 4.02. The fourth-order valence-corrected chi connectivity index (χ4v) is 2.80. The van der Waals surface area contributed by atoms with Gasteiger partial charge in [-0.25, -0.2) is 4.79 Å². The molecule has 9 heteroatoms. The van der Waals surface area contributed by atoms with Gasteiger partial charge in [0.2, 0.25) is 0 Å². The number of aromatic nitrogens is 4. The summed E-state index contributed by atoms with van der Waals surface area (Å²) in [5, 5.41) is 12.2. The van der Waals surface area contributed by atoms with Crippen molar-refractivity contribution in [3.63, 3.8) is 0 Å². The highest BCUT2D eigenvalue weighted by atomic mass is 16.5. The van der Waals surface area contributed by atoms with Crippen LogP contribution in [0.2, 0.25) is 0 Å². The largest absolute Gasteiger partial charge is 0.493 e. The minimum Gasteiger partial charge on any atom is -0.493 e. The van der Waals surface area contributed by atoms with Crippen molar-refractivity contribution < 1.29 is 19.0 Å². The Hall–Kier alpha value is -2.84. The lowest BCUT2D eigenvalue weighted by Gasteiger charge is -2.28. The predicted molar refractivity (Wildman–Crippen MR) is 88.8 cm³/mol. The molecule has 0 N–H and O–H groups in total. The summed E-state index contributed by atoms with van der Waals surface area (Å²) in [6.45, 7) is 3.44. The Morgan fingerprint density at radius 1 is 1.20 bits per heavy atom. The van der Waals surface area contributed by atoms with Gasteiger partial charge >= 0.3 is 5.97 Å². The van der Waals surface area contributed by atoms with Crippen LogP contribution < -0.4 is 14.4 Å². The van der Waals surface area contributed by atoms with E-state index in [-0.39, 0.29) is 12.5 Å². The number of hydrogen-bond acceptors (Lipinski definition) is 8. The Bertz CT molecular complexity index is 761. The van der Waals surface area contributed by atoms with Crippen molar-refractivity contribution in [3.8, 4) is 11.5 Å². The van der Waals surface area contributed by atoms with Crippen molar-refractivity contribution in [1.82, 2.24) is 20.2 Å². The van der Waals surface area contributed by atoms with E-state index in [9.17, 15) is 4.79 Å². The van der Waals surface area contributed by atoms with E-state index in [0.717, 1.165) is 24.3 Å². The Morgan fingerprint density at radius 2 is 1.92 bits per heavy atom. The molecule has 1 aliphatic rings. The molecule has 0 saturated heterocycles. The first-order chi connectivity index (χ1) is 12.1. The number of esters is 1. The van der Waals surface area contributed by atoms with Crippen molar-refractivity contribution in [3.05, 3.63) is 23.3 Å². The first kappa shape index (κ1) is 17.0. The van der Waals surface area contributed by atoms with Crippen molar-refractivity contribution in [2.24, 2.45) is 0 Å². The van der Waals surface area contributed by atoms with E-state index in [1.165, 1.54) is 10.4 Å². The summed E-state index contributed by atoms with van der Waals surface area (Å²) >= 11 is 0. The van der Waals surface area contributed by atoms with E-state index in [4.69, 9.17) is 14.2 Å². The van der Waals surface area contributed by atoms with Crippen molar-refractivity contribution in [1.29, 1.82) is 0 Å². The number of benzene rings is 1. The smallest absolute Gasteiger partial charge is 0.329 e. The molecule has 1 aromatic carbocycles. The molecule has 0 saturated carbocycles. The molecular weight excluding hydrogens is 326 g/mol. The highest BCUT2D eigenvalue weighted by Gasteiger charge is 2.22. The average Bonchev–Trinajstić information content (AvgIpc) is 3.08. The summed E-state index contributed by atoms with van der Waals surface area (Å²) in [5.74, 6) is 1.53. The Kier molecular flexibility index (Phi) is 5.01. The molecule has 0 fully saturated rings. The van der Waals surface area contributed by atoms with Crippen LogP contribution in [0.4, 0.5) is 5.95 Å². The zero-order chi connectivity index (χ0) is 17.8. The number of methoxy groups -OCH3 is 2. The Labute approximate surface area is 145 Å². The van der Waals surface area contributed by atoms with Gasteiger partial charge < -0.3 is 19.1 Å². The lowest BCUT2D eigenvalue weighted by Crippen LogP contribution is -2.31. The summed E-state index contributed by atoms with van der Waals surface area (Å²) < 4.78 is 15.6. The van der Waals surface area contributed by atoms with E-state index in [0.29, 0.717) is 24.8 Å². The fraction of sp³-hybridized carbons (Fsp3) is 0.500.